The van der Waals surface area contributed by atoms with E-state index in [-0.39, 0.29) is 43.1 Å². The second-order valence-electron chi connectivity index (χ2n) is 6.26. The first-order valence-electron chi connectivity index (χ1n) is 8.29. The van der Waals surface area contributed by atoms with Crippen molar-refractivity contribution in [3.05, 3.63) is 29.3 Å². The number of hydrogen-bond donors (Lipinski definition) is 2. The van der Waals surface area contributed by atoms with Crippen LogP contribution >= 0.6 is 37.2 Å². The molecule has 2 N–H and O–H groups in total. The Morgan fingerprint density at radius 3 is 2.60 bits per heavy atom. The monoisotopic (exact) mass is 410 g/mol. The molecule has 1 aromatic carbocycles. The molecule has 0 aliphatic carbocycles. The Morgan fingerprint density at radius 2 is 1.88 bits per heavy atom. The van der Waals surface area contributed by atoms with Gasteiger partial charge in [0.25, 0.3) is 5.91 Å². The second-order valence-corrected chi connectivity index (χ2v) is 6.26. The molecule has 25 heavy (non-hydrogen) atoms. The summed E-state index contributed by atoms with van der Waals surface area (Å²) in [5.74, 6) is 0.0645. The predicted octanol–water partition coefficient (Wildman–Crippen LogP) is 2.29. The molecular weight excluding hydrogens is 383 g/mol. The van der Waals surface area contributed by atoms with Gasteiger partial charge in [0.1, 0.15) is 0 Å². The van der Waals surface area contributed by atoms with E-state index in [4.69, 9.17) is 0 Å². The van der Waals surface area contributed by atoms with Crippen LogP contribution in [0.5, 0.6) is 0 Å². The van der Waals surface area contributed by atoms with Crippen molar-refractivity contribution in [3.63, 3.8) is 0 Å². The Labute approximate surface area is 169 Å². The van der Waals surface area contributed by atoms with Gasteiger partial charge in [0.15, 0.2) is 0 Å². The zero-order valence-corrected chi connectivity index (χ0v) is 17.1. The van der Waals surface area contributed by atoms with Gasteiger partial charge in [-0.15, -0.1) is 37.2 Å². The summed E-state index contributed by atoms with van der Waals surface area (Å²) in [6.45, 7) is 7.08. The third-order valence-corrected chi connectivity index (χ3v) is 4.65. The number of hydrogen-bond acceptors (Lipinski definition) is 4. The highest BCUT2D eigenvalue weighted by Crippen LogP contribution is 2.25. The molecule has 0 radical (unpaired) electrons. The van der Waals surface area contributed by atoms with Crippen molar-refractivity contribution in [2.45, 2.75) is 12.8 Å². The summed E-state index contributed by atoms with van der Waals surface area (Å²) in [6, 6.07) is 5.97. The normalized spacial score (nSPS) is 17.0. The number of benzene rings is 1. The number of anilines is 1. The second kappa shape index (κ2) is 11.8. The van der Waals surface area contributed by atoms with E-state index in [0.29, 0.717) is 0 Å². The van der Waals surface area contributed by atoms with Crippen LogP contribution < -0.4 is 10.6 Å². The number of nitrogens with zero attached hydrogens (tertiary/aromatic N) is 2. The molecule has 1 fully saturated rings. The lowest BCUT2D eigenvalue weighted by molar-refractivity contribution is 0.0940. The van der Waals surface area contributed by atoms with Gasteiger partial charge in [-0.1, -0.05) is 6.07 Å². The standard InChI is InChI=1S/C17H26N4O.3ClH/c1-20-10-12-21(13-11-20)9-8-19-17(22)15-4-2-6-16-14(15)5-3-7-18-16;;;/h2,4,6,18H,3,5,7-13H2,1H3,(H,19,22);3*1H. The maximum atomic E-state index is 12.4. The summed E-state index contributed by atoms with van der Waals surface area (Å²) in [4.78, 5) is 17.2. The summed E-state index contributed by atoms with van der Waals surface area (Å²) >= 11 is 0. The van der Waals surface area contributed by atoms with Gasteiger partial charge in [-0.25, -0.2) is 0 Å². The third kappa shape index (κ3) is 6.50. The highest BCUT2D eigenvalue weighted by atomic mass is 35.5. The molecule has 0 bridgehead atoms. The van der Waals surface area contributed by atoms with E-state index in [9.17, 15) is 4.79 Å². The van der Waals surface area contributed by atoms with Gasteiger partial charge >= 0.3 is 0 Å². The van der Waals surface area contributed by atoms with E-state index in [1.807, 2.05) is 12.1 Å². The first kappa shape index (κ1) is 24.3. The molecule has 0 atom stereocenters. The smallest absolute Gasteiger partial charge is 0.251 e. The maximum Gasteiger partial charge on any atom is 0.251 e. The maximum absolute atomic E-state index is 12.4. The molecule has 3 rings (SSSR count). The first-order valence-corrected chi connectivity index (χ1v) is 8.29. The number of amides is 1. The summed E-state index contributed by atoms with van der Waals surface area (Å²) in [5.41, 5.74) is 3.13. The minimum absolute atomic E-state index is 0. The van der Waals surface area contributed by atoms with E-state index in [1.54, 1.807) is 0 Å². The molecule has 0 unspecified atom stereocenters. The summed E-state index contributed by atoms with van der Waals surface area (Å²) in [6.07, 6.45) is 2.09. The lowest BCUT2D eigenvalue weighted by Crippen LogP contribution is -2.47. The molecule has 144 valence electrons. The first-order chi connectivity index (χ1) is 10.7. The van der Waals surface area contributed by atoms with Gasteiger partial charge in [-0.05, 0) is 37.6 Å². The number of rotatable bonds is 4. The van der Waals surface area contributed by atoms with Crippen molar-refractivity contribution >= 4 is 48.8 Å². The molecule has 1 aromatic rings. The molecule has 0 spiro atoms. The molecule has 1 saturated heterocycles. The Morgan fingerprint density at radius 1 is 1.16 bits per heavy atom. The Bertz CT molecular complexity index is 537. The number of fused-ring (bicyclic) bond motifs is 1. The number of nitrogens with one attached hydrogen (secondary N) is 2. The zero-order valence-electron chi connectivity index (χ0n) is 14.6. The Hall–Kier alpha value is -0.720. The molecular formula is C17H29Cl3N4O. The number of carbonyl (C=O) groups is 1. The van der Waals surface area contributed by atoms with E-state index < -0.39 is 0 Å². The number of halogens is 3. The van der Waals surface area contributed by atoms with Gasteiger partial charge in [0.05, 0.1) is 0 Å². The van der Waals surface area contributed by atoms with E-state index in [1.165, 1.54) is 5.56 Å². The highest BCUT2D eigenvalue weighted by Gasteiger charge is 2.18. The predicted molar refractivity (Wildman–Crippen MR) is 111 cm³/mol. The molecule has 2 heterocycles. The number of carbonyl (C=O) groups excluding carboxylic acids is 1. The fourth-order valence-electron chi connectivity index (χ4n) is 3.22. The van der Waals surface area contributed by atoms with Crippen LogP contribution in [0.4, 0.5) is 5.69 Å². The minimum Gasteiger partial charge on any atom is -0.385 e. The van der Waals surface area contributed by atoms with Crippen LogP contribution in [0.1, 0.15) is 22.3 Å². The molecule has 8 heteroatoms. The van der Waals surface area contributed by atoms with Gasteiger partial charge < -0.3 is 15.5 Å². The van der Waals surface area contributed by atoms with Crippen LogP contribution in [0, 0.1) is 0 Å². The Kier molecular flexibility index (Phi) is 11.5. The van der Waals surface area contributed by atoms with Crippen LogP contribution in [0.3, 0.4) is 0 Å². The van der Waals surface area contributed by atoms with Crippen molar-refractivity contribution in [2.75, 3.05) is 58.2 Å². The van der Waals surface area contributed by atoms with Gasteiger partial charge in [0.2, 0.25) is 0 Å². The van der Waals surface area contributed by atoms with E-state index in [0.717, 1.165) is 69.9 Å². The molecule has 5 nitrogen and oxygen atoms in total. The lowest BCUT2D eigenvalue weighted by Gasteiger charge is -2.32. The average Bonchev–Trinajstić information content (AvgIpc) is 2.56. The number of piperazine rings is 1. The van der Waals surface area contributed by atoms with Gasteiger partial charge in [-0.2, -0.15) is 0 Å². The molecule has 0 saturated carbocycles. The quantitative estimate of drug-likeness (QED) is 0.798. The summed E-state index contributed by atoms with van der Waals surface area (Å²) in [5, 5.41) is 6.46. The van der Waals surface area contributed by atoms with E-state index >= 15 is 0 Å². The van der Waals surface area contributed by atoms with Crippen molar-refractivity contribution < 1.29 is 4.79 Å². The van der Waals surface area contributed by atoms with Crippen molar-refractivity contribution in [1.82, 2.24) is 15.1 Å². The lowest BCUT2D eigenvalue weighted by atomic mass is 9.97. The summed E-state index contributed by atoms with van der Waals surface area (Å²) < 4.78 is 0. The molecule has 1 amide bonds. The molecule has 0 aromatic heterocycles. The van der Waals surface area contributed by atoms with Crippen molar-refractivity contribution in [3.8, 4) is 0 Å². The fourth-order valence-corrected chi connectivity index (χ4v) is 3.22. The van der Waals surface area contributed by atoms with Crippen LogP contribution in [0.25, 0.3) is 0 Å². The largest absolute Gasteiger partial charge is 0.385 e. The zero-order chi connectivity index (χ0) is 15.4. The van der Waals surface area contributed by atoms with Gasteiger partial charge in [0, 0.05) is 57.1 Å². The van der Waals surface area contributed by atoms with Crippen molar-refractivity contribution in [2.24, 2.45) is 0 Å². The molecule has 2 aliphatic heterocycles. The highest BCUT2D eigenvalue weighted by molar-refractivity contribution is 5.97. The minimum atomic E-state index is 0. The number of likely N-dealkylation sites (N-methyl/N-ethyl adjacent to an activating group) is 1. The van der Waals surface area contributed by atoms with Gasteiger partial charge in [-0.3, -0.25) is 9.69 Å². The summed E-state index contributed by atoms with van der Waals surface area (Å²) in [7, 11) is 2.16. The Balaban J connectivity index is 0.00000192. The SMILES string of the molecule is CN1CCN(CCNC(=O)c2cccc3c2CCCN3)CC1.Cl.Cl.Cl. The third-order valence-electron chi connectivity index (χ3n) is 4.65. The fraction of sp³-hybridized carbons (Fsp3) is 0.588. The van der Waals surface area contributed by atoms with Crippen LogP contribution in [0.15, 0.2) is 18.2 Å². The van der Waals surface area contributed by atoms with Crippen LogP contribution in [-0.4, -0.2) is 68.6 Å². The topological polar surface area (TPSA) is 47.6 Å². The van der Waals surface area contributed by atoms with E-state index in [2.05, 4.69) is 33.5 Å². The van der Waals surface area contributed by atoms with Crippen LogP contribution in [-0.2, 0) is 6.42 Å². The average molecular weight is 412 g/mol. The van der Waals surface area contributed by atoms with Crippen LogP contribution in [0.2, 0.25) is 0 Å². The van der Waals surface area contributed by atoms with Crippen molar-refractivity contribution in [1.29, 1.82) is 0 Å². The molecule has 2 aliphatic rings.